The largest absolute Gasteiger partial charge is 0.369 e. The molecule has 5 rings (SSSR count). The second kappa shape index (κ2) is 7.59. The topological polar surface area (TPSA) is 103 Å². The number of piperidine rings is 1. The van der Waals surface area contributed by atoms with Gasteiger partial charge in [0.2, 0.25) is 0 Å². The molecule has 0 aromatic carbocycles. The van der Waals surface area contributed by atoms with Crippen molar-refractivity contribution in [3.05, 3.63) is 59.1 Å². The highest BCUT2D eigenvalue weighted by Gasteiger charge is 2.44. The van der Waals surface area contributed by atoms with E-state index < -0.39 is 0 Å². The number of carbonyl (C=O) groups excluding carboxylic acids is 1. The lowest BCUT2D eigenvalue weighted by molar-refractivity contribution is 0.0658. The first-order valence-corrected chi connectivity index (χ1v) is 10.7. The van der Waals surface area contributed by atoms with E-state index in [1.807, 2.05) is 30.0 Å². The highest BCUT2D eigenvalue weighted by molar-refractivity contribution is 5.92. The fourth-order valence-electron chi connectivity index (χ4n) is 4.90. The summed E-state index contributed by atoms with van der Waals surface area (Å²) in [6, 6.07) is 5.70. The number of anilines is 1. The summed E-state index contributed by atoms with van der Waals surface area (Å²) in [5.41, 5.74) is 4.30. The maximum absolute atomic E-state index is 12.7. The van der Waals surface area contributed by atoms with Crippen molar-refractivity contribution < 1.29 is 4.79 Å². The Hall–Kier alpha value is -3.16. The number of carbonyl (C=O) groups is 1. The Bertz CT molecular complexity index is 1020. The van der Waals surface area contributed by atoms with Crippen molar-refractivity contribution in [2.45, 2.75) is 44.4 Å². The summed E-state index contributed by atoms with van der Waals surface area (Å²) in [4.78, 5) is 27.3. The van der Waals surface area contributed by atoms with E-state index >= 15 is 0 Å². The zero-order valence-corrected chi connectivity index (χ0v) is 17.2. The molecule has 156 valence electrons. The van der Waals surface area contributed by atoms with Gasteiger partial charge in [-0.15, -0.1) is 0 Å². The van der Waals surface area contributed by atoms with Crippen LogP contribution in [0.15, 0.2) is 30.6 Å². The first-order valence-electron chi connectivity index (χ1n) is 10.7. The molecule has 0 saturated carbocycles. The standard InChI is InChI=1S/C22H27N7O/c1-15-26-19-17(20(27-15)24-11-5-16-6-12-25-28-16)4-7-22(19)8-13-29(14-9-22)21(30)18-3-2-10-23-18/h2-3,6,10,12,23H,4-5,7-9,11,13-14H2,1H3,(H,25,28)(H,24,26,27). The monoisotopic (exact) mass is 405 g/mol. The number of likely N-dealkylation sites (tertiary alicyclic amines) is 1. The van der Waals surface area contributed by atoms with E-state index in [1.54, 1.807) is 12.4 Å². The van der Waals surface area contributed by atoms with E-state index in [4.69, 9.17) is 9.97 Å². The molecule has 1 amide bonds. The summed E-state index contributed by atoms with van der Waals surface area (Å²) < 4.78 is 0. The van der Waals surface area contributed by atoms with Crippen LogP contribution in [0.25, 0.3) is 0 Å². The maximum atomic E-state index is 12.7. The van der Waals surface area contributed by atoms with Gasteiger partial charge in [0.15, 0.2) is 0 Å². The first kappa shape index (κ1) is 18.8. The number of aryl methyl sites for hydroxylation is 1. The highest BCUT2D eigenvalue weighted by atomic mass is 16.2. The summed E-state index contributed by atoms with van der Waals surface area (Å²) in [6.45, 7) is 4.30. The van der Waals surface area contributed by atoms with E-state index in [2.05, 4.69) is 20.5 Å². The number of rotatable bonds is 5. The minimum atomic E-state index is 0.0648. The van der Waals surface area contributed by atoms with Gasteiger partial charge in [-0.1, -0.05) is 0 Å². The molecule has 1 aliphatic carbocycles. The first-order chi connectivity index (χ1) is 14.6. The minimum Gasteiger partial charge on any atom is -0.369 e. The van der Waals surface area contributed by atoms with Crippen LogP contribution >= 0.6 is 0 Å². The molecule has 3 aromatic rings. The summed E-state index contributed by atoms with van der Waals surface area (Å²) in [6.07, 6.45) is 8.43. The van der Waals surface area contributed by atoms with Crippen molar-refractivity contribution in [3.63, 3.8) is 0 Å². The molecule has 1 saturated heterocycles. The molecule has 0 unspecified atom stereocenters. The predicted octanol–water partition coefficient (Wildman–Crippen LogP) is 2.61. The van der Waals surface area contributed by atoms with Crippen LogP contribution in [-0.2, 0) is 18.3 Å². The molecular weight excluding hydrogens is 378 g/mol. The molecule has 1 fully saturated rings. The summed E-state index contributed by atoms with van der Waals surface area (Å²) in [5.74, 6) is 1.87. The Balaban J connectivity index is 1.30. The van der Waals surface area contributed by atoms with Crippen LogP contribution in [0.3, 0.4) is 0 Å². The van der Waals surface area contributed by atoms with Gasteiger partial charge < -0.3 is 15.2 Å². The Morgan fingerprint density at radius 2 is 2.10 bits per heavy atom. The van der Waals surface area contributed by atoms with E-state index in [9.17, 15) is 4.79 Å². The normalized spacial score (nSPS) is 17.3. The molecule has 1 spiro atoms. The molecule has 8 nitrogen and oxygen atoms in total. The van der Waals surface area contributed by atoms with Gasteiger partial charge in [-0.25, -0.2) is 9.97 Å². The van der Waals surface area contributed by atoms with Gasteiger partial charge in [-0.3, -0.25) is 9.89 Å². The molecule has 0 atom stereocenters. The van der Waals surface area contributed by atoms with Crippen LogP contribution in [0.5, 0.6) is 0 Å². The molecule has 30 heavy (non-hydrogen) atoms. The van der Waals surface area contributed by atoms with Crippen LogP contribution in [0, 0.1) is 6.92 Å². The van der Waals surface area contributed by atoms with Crippen LogP contribution < -0.4 is 5.32 Å². The third kappa shape index (κ3) is 3.36. The molecule has 8 heteroatoms. The smallest absolute Gasteiger partial charge is 0.270 e. The SMILES string of the molecule is Cc1nc(NCCc2ccn[nH]2)c2c(n1)C1(CC2)CCN(C(=O)c2ccc[nH]2)CC1. The van der Waals surface area contributed by atoms with Gasteiger partial charge in [0, 0.05) is 55.1 Å². The van der Waals surface area contributed by atoms with E-state index in [1.165, 1.54) is 11.3 Å². The molecular formula is C22H27N7O. The Morgan fingerprint density at radius 1 is 1.23 bits per heavy atom. The molecule has 1 aliphatic heterocycles. The summed E-state index contributed by atoms with van der Waals surface area (Å²) >= 11 is 0. The van der Waals surface area contributed by atoms with Gasteiger partial charge >= 0.3 is 0 Å². The zero-order chi connectivity index (χ0) is 20.6. The van der Waals surface area contributed by atoms with Gasteiger partial charge in [0.1, 0.15) is 17.3 Å². The number of hydrogen-bond donors (Lipinski definition) is 3. The quantitative estimate of drug-likeness (QED) is 0.606. The van der Waals surface area contributed by atoms with Crippen LogP contribution in [0.2, 0.25) is 0 Å². The number of hydrogen-bond acceptors (Lipinski definition) is 5. The van der Waals surface area contributed by atoms with Gasteiger partial charge in [-0.2, -0.15) is 5.10 Å². The van der Waals surface area contributed by atoms with Crippen LogP contribution in [0.1, 0.15) is 52.5 Å². The van der Waals surface area contributed by atoms with E-state index in [-0.39, 0.29) is 11.3 Å². The number of aromatic nitrogens is 5. The van der Waals surface area contributed by atoms with Crippen molar-refractivity contribution in [1.29, 1.82) is 0 Å². The lowest BCUT2D eigenvalue weighted by Gasteiger charge is -2.39. The van der Waals surface area contributed by atoms with E-state index in [0.29, 0.717) is 5.69 Å². The lowest BCUT2D eigenvalue weighted by atomic mass is 9.76. The summed E-state index contributed by atoms with van der Waals surface area (Å²) in [7, 11) is 0. The maximum Gasteiger partial charge on any atom is 0.270 e. The average Bonchev–Trinajstić information content (AvgIpc) is 3.51. The van der Waals surface area contributed by atoms with Crippen molar-refractivity contribution in [2.24, 2.45) is 0 Å². The van der Waals surface area contributed by atoms with E-state index in [0.717, 1.165) is 69.1 Å². The molecule has 4 heterocycles. The van der Waals surface area contributed by atoms with Crippen LogP contribution in [0.4, 0.5) is 5.82 Å². The van der Waals surface area contributed by atoms with Crippen molar-refractivity contribution >= 4 is 11.7 Å². The Kier molecular flexibility index (Phi) is 4.77. The van der Waals surface area contributed by atoms with Crippen LogP contribution in [-0.4, -0.2) is 55.6 Å². The highest BCUT2D eigenvalue weighted by Crippen LogP contribution is 2.47. The van der Waals surface area contributed by atoms with Gasteiger partial charge in [-0.05, 0) is 50.8 Å². The van der Waals surface area contributed by atoms with Gasteiger partial charge in [0.05, 0.1) is 5.69 Å². The zero-order valence-electron chi connectivity index (χ0n) is 17.2. The molecule has 0 radical (unpaired) electrons. The fraction of sp³-hybridized carbons (Fsp3) is 0.455. The number of nitrogens with zero attached hydrogens (tertiary/aromatic N) is 4. The minimum absolute atomic E-state index is 0.0648. The number of nitrogens with one attached hydrogen (secondary N) is 3. The van der Waals surface area contributed by atoms with Crippen molar-refractivity contribution in [2.75, 3.05) is 25.0 Å². The Labute approximate surface area is 175 Å². The third-order valence-corrected chi connectivity index (χ3v) is 6.56. The molecule has 3 N–H and O–H groups in total. The summed E-state index contributed by atoms with van der Waals surface area (Å²) in [5, 5.41) is 10.5. The van der Waals surface area contributed by atoms with Gasteiger partial charge in [0.25, 0.3) is 5.91 Å². The number of fused-ring (bicyclic) bond motifs is 2. The molecule has 0 bridgehead atoms. The predicted molar refractivity (Wildman–Crippen MR) is 113 cm³/mol. The molecule has 2 aliphatic rings. The number of aromatic amines is 2. The second-order valence-electron chi connectivity index (χ2n) is 8.36. The lowest BCUT2D eigenvalue weighted by Crippen LogP contribution is -2.44. The molecule has 3 aromatic heterocycles. The number of H-pyrrole nitrogens is 2. The van der Waals surface area contributed by atoms with Crippen molar-refractivity contribution in [1.82, 2.24) is 30.0 Å². The van der Waals surface area contributed by atoms with Crippen molar-refractivity contribution in [3.8, 4) is 0 Å². The Morgan fingerprint density at radius 3 is 2.83 bits per heavy atom. The number of amides is 1. The third-order valence-electron chi connectivity index (χ3n) is 6.56. The fourth-order valence-corrected chi connectivity index (χ4v) is 4.90. The average molecular weight is 406 g/mol. The second-order valence-corrected chi connectivity index (χ2v) is 8.36.